The van der Waals surface area contributed by atoms with Crippen molar-refractivity contribution in [2.24, 2.45) is 0 Å². The highest BCUT2D eigenvalue weighted by atomic mass is 16.5. The van der Waals surface area contributed by atoms with E-state index in [0.29, 0.717) is 24.4 Å². The van der Waals surface area contributed by atoms with Gasteiger partial charge in [0, 0.05) is 13.1 Å². The monoisotopic (exact) mass is 289 g/mol. The van der Waals surface area contributed by atoms with E-state index in [1.165, 1.54) is 7.11 Å². The smallest absolute Gasteiger partial charge is 0.337 e. The van der Waals surface area contributed by atoms with Gasteiger partial charge in [0.2, 0.25) is 0 Å². The molecule has 0 saturated carbocycles. The van der Waals surface area contributed by atoms with Gasteiger partial charge in [-0.2, -0.15) is 0 Å². The molecule has 0 fully saturated rings. The van der Waals surface area contributed by atoms with Crippen molar-refractivity contribution < 1.29 is 19.1 Å². The fourth-order valence-electron chi connectivity index (χ4n) is 1.63. The molecule has 0 radical (unpaired) electrons. The third-order valence-electron chi connectivity index (χ3n) is 2.69. The van der Waals surface area contributed by atoms with Crippen LogP contribution in [0.2, 0.25) is 0 Å². The molecule has 5 nitrogen and oxygen atoms in total. The molecule has 0 atom stereocenters. The van der Waals surface area contributed by atoms with Crippen molar-refractivity contribution in [2.45, 2.75) is 0 Å². The SMILES string of the molecule is C=CCN(CC=C)C(=O)COc1ccc(C(=O)OC)cc1. The standard InChI is InChI=1S/C16H19NO4/c1-4-10-17(11-5-2)15(18)12-21-14-8-6-13(7-9-14)16(19)20-3/h4-9H,1-2,10-12H2,3H3. The predicted octanol–water partition coefficient (Wildman–Crippen LogP) is 2.05. The summed E-state index contributed by atoms with van der Waals surface area (Å²) in [6.07, 6.45) is 3.29. The van der Waals surface area contributed by atoms with Gasteiger partial charge in [-0.05, 0) is 24.3 Å². The number of amides is 1. The van der Waals surface area contributed by atoms with Gasteiger partial charge in [0.15, 0.2) is 6.61 Å². The van der Waals surface area contributed by atoms with Gasteiger partial charge in [-0.15, -0.1) is 13.2 Å². The van der Waals surface area contributed by atoms with Gasteiger partial charge < -0.3 is 14.4 Å². The van der Waals surface area contributed by atoms with Gasteiger partial charge in [0.25, 0.3) is 5.91 Å². The van der Waals surface area contributed by atoms with Crippen LogP contribution in [0.5, 0.6) is 5.75 Å². The van der Waals surface area contributed by atoms with Gasteiger partial charge in [0.1, 0.15) is 5.75 Å². The number of rotatable bonds is 8. The summed E-state index contributed by atoms with van der Waals surface area (Å²) in [5.41, 5.74) is 0.427. The summed E-state index contributed by atoms with van der Waals surface area (Å²) in [5.74, 6) is -0.0687. The van der Waals surface area contributed by atoms with Crippen LogP contribution in [0.1, 0.15) is 10.4 Å². The Morgan fingerprint density at radius 2 is 1.71 bits per heavy atom. The van der Waals surface area contributed by atoms with Gasteiger partial charge in [0.05, 0.1) is 12.7 Å². The molecule has 0 spiro atoms. The first-order chi connectivity index (χ1) is 10.1. The number of hydrogen-bond acceptors (Lipinski definition) is 4. The fraction of sp³-hybridized carbons (Fsp3) is 0.250. The Kier molecular flexibility index (Phi) is 6.74. The van der Waals surface area contributed by atoms with Crippen LogP contribution in [0.15, 0.2) is 49.6 Å². The molecule has 1 rings (SSSR count). The van der Waals surface area contributed by atoms with Crippen molar-refractivity contribution in [1.82, 2.24) is 4.90 Å². The minimum atomic E-state index is -0.416. The van der Waals surface area contributed by atoms with Gasteiger partial charge in [-0.25, -0.2) is 4.79 Å². The van der Waals surface area contributed by atoms with Crippen molar-refractivity contribution in [3.8, 4) is 5.75 Å². The molecular weight excluding hydrogens is 270 g/mol. The number of methoxy groups -OCH3 is 1. The summed E-state index contributed by atoms with van der Waals surface area (Å²) in [5, 5.41) is 0. The molecule has 1 amide bonds. The van der Waals surface area contributed by atoms with Crippen molar-refractivity contribution in [1.29, 1.82) is 0 Å². The second-order valence-electron chi connectivity index (χ2n) is 4.18. The molecule has 1 aromatic carbocycles. The zero-order chi connectivity index (χ0) is 15.7. The zero-order valence-corrected chi connectivity index (χ0v) is 12.1. The number of carbonyl (C=O) groups is 2. The Morgan fingerprint density at radius 3 is 2.19 bits per heavy atom. The van der Waals surface area contributed by atoms with Crippen molar-refractivity contribution in [3.05, 3.63) is 55.1 Å². The molecular formula is C16H19NO4. The normalized spacial score (nSPS) is 9.57. The number of ether oxygens (including phenoxy) is 2. The molecule has 0 aliphatic carbocycles. The van der Waals surface area contributed by atoms with Crippen LogP contribution in [0, 0.1) is 0 Å². The first-order valence-electron chi connectivity index (χ1n) is 6.43. The number of esters is 1. The lowest BCUT2D eigenvalue weighted by Crippen LogP contribution is -2.35. The molecule has 0 N–H and O–H groups in total. The van der Waals surface area contributed by atoms with Crippen LogP contribution in [0.3, 0.4) is 0 Å². The first-order valence-corrected chi connectivity index (χ1v) is 6.43. The molecule has 0 aromatic heterocycles. The van der Waals surface area contributed by atoms with Crippen molar-refractivity contribution >= 4 is 11.9 Å². The van der Waals surface area contributed by atoms with Crippen LogP contribution in [-0.2, 0) is 9.53 Å². The average molecular weight is 289 g/mol. The number of carbonyl (C=O) groups excluding carboxylic acids is 2. The summed E-state index contributed by atoms with van der Waals surface area (Å²) in [7, 11) is 1.32. The fourth-order valence-corrected chi connectivity index (χ4v) is 1.63. The van der Waals surface area contributed by atoms with Crippen LogP contribution in [-0.4, -0.2) is 43.6 Å². The molecule has 21 heavy (non-hydrogen) atoms. The Bertz CT molecular complexity index is 498. The van der Waals surface area contributed by atoms with E-state index in [2.05, 4.69) is 17.9 Å². The average Bonchev–Trinajstić information content (AvgIpc) is 2.52. The predicted molar refractivity (Wildman–Crippen MR) is 80.3 cm³/mol. The van der Waals surface area contributed by atoms with Gasteiger partial charge in [-0.1, -0.05) is 12.2 Å². The van der Waals surface area contributed by atoms with Crippen LogP contribution in [0.25, 0.3) is 0 Å². The molecule has 0 saturated heterocycles. The molecule has 0 aliphatic rings. The first kappa shape index (κ1) is 16.5. The lowest BCUT2D eigenvalue weighted by atomic mass is 10.2. The van der Waals surface area contributed by atoms with Crippen LogP contribution in [0.4, 0.5) is 0 Å². The molecule has 112 valence electrons. The van der Waals surface area contributed by atoms with E-state index in [9.17, 15) is 9.59 Å². The summed E-state index contributed by atoms with van der Waals surface area (Å²) >= 11 is 0. The van der Waals surface area contributed by atoms with Crippen LogP contribution < -0.4 is 4.74 Å². The van der Waals surface area contributed by atoms with E-state index in [1.54, 1.807) is 41.3 Å². The highest BCUT2D eigenvalue weighted by molar-refractivity contribution is 5.89. The Balaban J connectivity index is 2.57. The topological polar surface area (TPSA) is 55.8 Å². The molecule has 0 bridgehead atoms. The highest BCUT2D eigenvalue weighted by Crippen LogP contribution is 2.13. The second kappa shape index (κ2) is 8.58. The summed E-state index contributed by atoms with van der Waals surface area (Å²) < 4.78 is 10.00. The maximum absolute atomic E-state index is 11.9. The minimum absolute atomic E-state index is 0.0841. The van der Waals surface area contributed by atoms with Gasteiger partial charge in [-0.3, -0.25) is 4.79 Å². The number of hydrogen-bond donors (Lipinski definition) is 0. The largest absolute Gasteiger partial charge is 0.484 e. The molecule has 0 heterocycles. The van der Waals surface area contributed by atoms with E-state index in [0.717, 1.165) is 0 Å². The third kappa shape index (κ3) is 5.14. The van der Waals surface area contributed by atoms with Crippen molar-refractivity contribution in [2.75, 3.05) is 26.8 Å². The summed E-state index contributed by atoms with van der Waals surface area (Å²) in [6.45, 7) is 8.01. The van der Waals surface area contributed by atoms with Crippen molar-refractivity contribution in [3.63, 3.8) is 0 Å². The molecule has 1 aromatic rings. The van der Waals surface area contributed by atoms with E-state index in [1.807, 2.05) is 0 Å². The van der Waals surface area contributed by atoms with E-state index in [-0.39, 0.29) is 12.5 Å². The summed E-state index contributed by atoms with van der Waals surface area (Å²) in [6, 6.07) is 6.39. The lowest BCUT2D eigenvalue weighted by Gasteiger charge is -2.19. The Morgan fingerprint density at radius 1 is 1.14 bits per heavy atom. The summed E-state index contributed by atoms with van der Waals surface area (Å²) in [4.78, 5) is 24.8. The Hall–Kier alpha value is -2.56. The number of benzene rings is 1. The maximum Gasteiger partial charge on any atom is 0.337 e. The van der Waals surface area contributed by atoms with Crippen LogP contribution >= 0.6 is 0 Å². The van der Waals surface area contributed by atoms with E-state index >= 15 is 0 Å². The van der Waals surface area contributed by atoms with Gasteiger partial charge >= 0.3 is 5.97 Å². The molecule has 0 unspecified atom stereocenters. The zero-order valence-electron chi connectivity index (χ0n) is 12.1. The number of nitrogens with zero attached hydrogens (tertiary/aromatic N) is 1. The lowest BCUT2D eigenvalue weighted by molar-refractivity contribution is -0.132. The maximum atomic E-state index is 11.9. The van der Waals surface area contributed by atoms with E-state index in [4.69, 9.17) is 4.74 Å². The Labute approximate surface area is 124 Å². The second-order valence-corrected chi connectivity index (χ2v) is 4.18. The molecule has 5 heteroatoms. The quantitative estimate of drug-likeness (QED) is 0.543. The highest BCUT2D eigenvalue weighted by Gasteiger charge is 2.11. The third-order valence-corrected chi connectivity index (χ3v) is 2.69. The molecule has 0 aliphatic heterocycles. The van der Waals surface area contributed by atoms with E-state index < -0.39 is 5.97 Å². The minimum Gasteiger partial charge on any atom is -0.484 e.